The summed E-state index contributed by atoms with van der Waals surface area (Å²) in [5.74, 6) is 2.19. The smallest absolute Gasteiger partial charge is 0.203 e. The van der Waals surface area contributed by atoms with Gasteiger partial charge in [0.1, 0.15) is 0 Å². The molecule has 1 unspecified atom stereocenters. The summed E-state index contributed by atoms with van der Waals surface area (Å²) in [5.41, 5.74) is 1.71. The lowest BCUT2D eigenvalue weighted by molar-refractivity contribution is 0.265. The fraction of sp³-hybridized carbons (Fsp3) is 0.667. The zero-order valence-corrected chi connectivity index (χ0v) is 15.7. The van der Waals surface area contributed by atoms with Crippen LogP contribution in [0.25, 0.3) is 0 Å². The van der Waals surface area contributed by atoms with E-state index >= 15 is 0 Å². The van der Waals surface area contributed by atoms with Crippen molar-refractivity contribution in [3.63, 3.8) is 0 Å². The molecular formula is C18H29ClN2O3. The number of methoxy groups -OCH3 is 2. The molecule has 2 aliphatic rings. The van der Waals surface area contributed by atoms with Crippen LogP contribution in [0.15, 0.2) is 12.1 Å². The highest BCUT2D eigenvalue weighted by atomic mass is 35.5. The van der Waals surface area contributed by atoms with E-state index in [2.05, 4.69) is 22.3 Å². The van der Waals surface area contributed by atoms with Crippen molar-refractivity contribution in [1.82, 2.24) is 10.2 Å². The van der Waals surface area contributed by atoms with Crippen LogP contribution in [-0.2, 0) is 6.54 Å². The summed E-state index contributed by atoms with van der Waals surface area (Å²) in [7, 11) is 3.35. The molecule has 24 heavy (non-hydrogen) atoms. The largest absolute Gasteiger partial charge is 0.493 e. The van der Waals surface area contributed by atoms with Crippen LogP contribution < -0.4 is 19.5 Å². The Hall–Kier alpha value is -1.17. The van der Waals surface area contributed by atoms with Crippen LogP contribution in [0, 0.1) is 5.41 Å². The van der Waals surface area contributed by atoms with Gasteiger partial charge in [-0.05, 0) is 56.0 Å². The zero-order chi connectivity index (χ0) is 16.3. The molecule has 3 rings (SSSR count). The number of likely N-dealkylation sites (tertiary alicyclic amines) is 1. The molecule has 2 saturated heterocycles. The Balaban J connectivity index is 0.00000208. The number of halogens is 1. The van der Waals surface area contributed by atoms with Crippen molar-refractivity contribution in [3.8, 4) is 17.2 Å². The third-order valence-corrected chi connectivity index (χ3v) is 5.06. The average Bonchev–Trinajstić information content (AvgIpc) is 3.18. The van der Waals surface area contributed by atoms with Gasteiger partial charge in [-0.3, -0.25) is 4.90 Å². The SMILES string of the molecule is CCOc1c(OC)cc(CN2CCC3(CCNC3)C2)cc1OC.Cl. The lowest BCUT2D eigenvalue weighted by atomic mass is 9.86. The highest BCUT2D eigenvalue weighted by Crippen LogP contribution is 2.40. The molecule has 5 nitrogen and oxygen atoms in total. The van der Waals surface area contributed by atoms with Gasteiger partial charge >= 0.3 is 0 Å². The minimum absolute atomic E-state index is 0. The molecule has 0 amide bonds. The van der Waals surface area contributed by atoms with Gasteiger partial charge in [0.2, 0.25) is 5.75 Å². The van der Waals surface area contributed by atoms with Crippen LogP contribution in [0.2, 0.25) is 0 Å². The molecule has 2 fully saturated rings. The van der Waals surface area contributed by atoms with Gasteiger partial charge in [-0.2, -0.15) is 0 Å². The van der Waals surface area contributed by atoms with Crippen LogP contribution in [0.4, 0.5) is 0 Å². The van der Waals surface area contributed by atoms with Gasteiger partial charge in [-0.15, -0.1) is 12.4 Å². The number of hydrogen-bond acceptors (Lipinski definition) is 5. The van der Waals surface area contributed by atoms with Crippen LogP contribution in [0.3, 0.4) is 0 Å². The van der Waals surface area contributed by atoms with Crippen molar-refractivity contribution in [2.75, 3.05) is 47.0 Å². The Kier molecular flexibility index (Phi) is 6.61. The highest BCUT2D eigenvalue weighted by Gasteiger charge is 2.40. The van der Waals surface area contributed by atoms with Crippen molar-refractivity contribution in [2.24, 2.45) is 5.41 Å². The quantitative estimate of drug-likeness (QED) is 0.849. The molecule has 1 N–H and O–H groups in total. The normalized spacial score (nSPS) is 23.3. The molecule has 0 aromatic heterocycles. The number of hydrogen-bond donors (Lipinski definition) is 1. The van der Waals surface area contributed by atoms with Gasteiger partial charge in [0.15, 0.2) is 11.5 Å². The molecular weight excluding hydrogens is 328 g/mol. The van der Waals surface area contributed by atoms with Gasteiger partial charge in [-0.25, -0.2) is 0 Å². The number of rotatable bonds is 6. The lowest BCUT2D eigenvalue weighted by Gasteiger charge is -2.23. The zero-order valence-electron chi connectivity index (χ0n) is 14.9. The molecule has 1 atom stereocenters. The minimum Gasteiger partial charge on any atom is -0.493 e. The van der Waals surface area contributed by atoms with Crippen molar-refractivity contribution in [3.05, 3.63) is 17.7 Å². The van der Waals surface area contributed by atoms with Gasteiger partial charge in [0, 0.05) is 19.6 Å². The number of nitrogens with one attached hydrogen (secondary N) is 1. The van der Waals surface area contributed by atoms with Crippen molar-refractivity contribution in [1.29, 1.82) is 0 Å². The first kappa shape index (κ1) is 19.2. The molecule has 2 aliphatic heterocycles. The third-order valence-electron chi connectivity index (χ3n) is 5.06. The Morgan fingerprint density at radius 1 is 1.17 bits per heavy atom. The van der Waals surface area contributed by atoms with E-state index in [1.54, 1.807) is 14.2 Å². The first-order valence-corrected chi connectivity index (χ1v) is 8.50. The van der Waals surface area contributed by atoms with E-state index in [0.717, 1.165) is 18.0 Å². The van der Waals surface area contributed by atoms with Crippen LogP contribution >= 0.6 is 12.4 Å². The second kappa shape index (κ2) is 8.28. The summed E-state index contributed by atoms with van der Waals surface area (Å²) in [6.45, 7) is 8.16. The maximum atomic E-state index is 5.68. The fourth-order valence-corrected chi connectivity index (χ4v) is 3.88. The summed E-state index contributed by atoms with van der Waals surface area (Å²) >= 11 is 0. The van der Waals surface area contributed by atoms with Gasteiger partial charge < -0.3 is 19.5 Å². The van der Waals surface area contributed by atoms with E-state index < -0.39 is 0 Å². The molecule has 1 spiro atoms. The first-order valence-electron chi connectivity index (χ1n) is 8.50. The van der Waals surface area contributed by atoms with E-state index in [-0.39, 0.29) is 12.4 Å². The molecule has 0 radical (unpaired) electrons. The second-order valence-electron chi connectivity index (χ2n) is 6.65. The molecule has 6 heteroatoms. The summed E-state index contributed by atoms with van der Waals surface area (Å²) in [5, 5.41) is 3.51. The van der Waals surface area contributed by atoms with Crippen molar-refractivity contribution in [2.45, 2.75) is 26.3 Å². The molecule has 1 aromatic rings. The Labute approximate surface area is 151 Å². The lowest BCUT2D eigenvalue weighted by Crippen LogP contribution is -2.28. The summed E-state index contributed by atoms with van der Waals surface area (Å²) in [6.07, 6.45) is 2.60. The molecule has 2 heterocycles. The Morgan fingerprint density at radius 3 is 2.42 bits per heavy atom. The van der Waals surface area contributed by atoms with E-state index in [0.29, 0.717) is 17.8 Å². The van der Waals surface area contributed by atoms with E-state index in [1.807, 2.05) is 6.92 Å². The topological polar surface area (TPSA) is 43.0 Å². The molecule has 0 bridgehead atoms. The molecule has 1 aromatic carbocycles. The van der Waals surface area contributed by atoms with Gasteiger partial charge in [0.25, 0.3) is 0 Å². The standard InChI is InChI=1S/C18H28N2O3.ClH/c1-4-23-17-15(21-2)9-14(10-16(17)22-3)11-20-8-6-18(13-20)5-7-19-12-18;/h9-10,19H,4-8,11-13H2,1-3H3;1H. The number of nitrogens with zero attached hydrogens (tertiary/aromatic N) is 1. The van der Waals surface area contributed by atoms with Crippen molar-refractivity contribution >= 4 is 12.4 Å². The second-order valence-corrected chi connectivity index (χ2v) is 6.65. The average molecular weight is 357 g/mol. The number of ether oxygens (including phenoxy) is 3. The Morgan fingerprint density at radius 2 is 1.88 bits per heavy atom. The molecule has 0 saturated carbocycles. The Bertz CT molecular complexity index is 522. The van der Waals surface area contributed by atoms with Crippen LogP contribution in [0.5, 0.6) is 17.2 Å². The van der Waals surface area contributed by atoms with Gasteiger partial charge in [0.05, 0.1) is 20.8 Å². The monoisotopic (exact) mass is 356 g/mol. The maximum Gasteiger partial charge on any atom is 0.203 e. The molecule has 136 valence electrons. The van der Waals surface area contributed by atoms with Crippen LogP contribution in [-0.4, -0.2) is 51.9 Å². The predicted molar refractivity (Wildman–Crippen MR) is 97.8 cm³/mol. The summed E-state index contributed by atoms with van der Waals surface area (Å²) in [4.78, 5) is 2.54. The van der Waals surface area contributed by atoms with E-state index in [1.165, 1.54) is 44.6 Å². The summed E-state index contributed by atoms with van der Waals surface area (Å²) in [6, 6.07) is 4.15. The van der Waals surface area contributed by atoms with Gasteiger partial charge in [-0.1, -0.05) is 0 Å². The fourth-order valence-electron chi connectivity index (χ4n) is 3.88. The van der Waals surface area contributed by atoms with Crippen LogP contribution in [0.1, 0.15) is 25.3 Å². The predicted octanol–water partition coefficient (Wildman–Crippen LogP) is 2.71. The van der Waals surface area contributed by atoms with Crippen molar-refractivity contribution < 1.29 is 14.2 Å². The maximum absolute atomic E-state index is 5.68. The number of benzene rings is 1. The minimum atomic E-state index is 0. The van der Waals surface area contributed by atoms with E-state index in [4.69, 9.17) is 14.2 Å². The third kappa shape index (κ3) is 3.90. The highest BCUT2D eigenvalue weighted by molar-refractivity contribution is 5.85. The summed E-state index contributed by atoms with van der Waals surface area (Å²) < 4.78 is 16.7. The first-order chi connectivity index (χ1) is 11.2. The molecule has 0 aliphatic carbocycles. The van der Waals surface area contributed by atoms with E-state index in [9.17, 15) is 0 Å².